The summed E-state index contributed by atoms with van der Waals surface area (Å²) in [6, 6.07) is 13.4. The van der Waals surface area contributed by atoms with E-state index in [1.165, 1.54) is 0 Å². The number of rotatable bonds is 11. The lowest BCUT2D eigenvalue weighted by Crippen LogP contribution is -2.20. The Kier molecular flexibility index (Phi) is 14.2. The first kappa shape index (κ1) is 32.7. The summed E-state index contributed by atoms with van der Waals surface area (Å²) in [7, 11) is 1.77. The molecule has 4 rings (SSSR count). The van der Waals surface area contributed by atoms with Gasteiger partial charge in [-0.05, 0) is 106 Å². The molecule has 0 heterocycles. The molecule has 4 nitrogen and oxygen atoms in total. The second kappa shape index (κ2) is 17.9. The largest absolute Gasteiger partial charge is 0.435 e. The average molecular weight is 579 g/mol. The molecule has 2 aliphatic carbocycles. The Bertz CT molecular complexity index is 1020. The van der Waals surface area contributed by atoms with Crippen molar-refractivity contribution in [1.82, 2.24) is 0 Å². The van der Waals surface area contributed by atoms with Crippen LogP contribution in [-0.2, 0) is 9.47 Å². The van der Waals surface area contributed by atoms with Crippen LogP contribution in [0, 0.1) is 11.8 Å². The third-order valence-corrected chi connectivity index (χ3v) is 7.51. The lowest BCUT2D eigenvalue weighted by molar-refractivity contribution is -0.0505. The van der Waals surface area contributed by atoms with E-state index in [4.69, 9.17) is 9.47 Å². The van der Waals surface area contributed by atoms with Gasteiger partial charge >= 0.3 is 13.2 Å². The average Bonchev–Trinajstić information content (AvgIpc) is 2.97. The molecule has 0 saturated heterocycles. The normalized spacial score (nSPS) is 23.1. The third-order valence-electron chi connectivity index (χ3n) is 7.51. The summed E-state index contributed by atoms with van der Waals surface area (Å²) in [5, 5.41) is 0. The Labute approximate surface area is 241 Å². The van der Waals surface area contributed by atoms with E-state index in [0.717, 1.165) is 69.1 Å². The van der Waals surface area contributed by atoms with Crippen LogP contribution >= 0.6 is 0 Å². The highest BCUT2D eigenvalue weighted by Gasteiger charge is 2.20. The molecule has 0 spiro atoms. The molecule has 2 aromatic rings. The highest BCUT2D eigenvalue weighted by atomic mass is 19.3. The molecule has 2 aliphatic rings. The number of ether oxygens (including phenoxy) is 4. The molecule has 0 aromatic heterocycles. The smallest absolute Gasteiger partial charge is 0.387 e. The van der Waals surface area contributed by atoms with E-state index in [-0.39, 0.29) is 11.5 Å². The van der Waals surface area contributed by atoms with Crippen molar-refractivity contribution >= 4 is 12.2 Å². The maximum Gasteiger partial charge on any atom is 0.387 e. The Balaban J connectivity index is 0.000000226. The van der Waals surface area contributed by atoms with Crippen LogP contribution in [0.25, 0.3) is 12.2 Å². The maximum atomic E-state index is 12.1. The van der Waals surface area contributed by atoms with Crippen molar-refractivity contribution in [2.45, 2.75) is 83.7 Å². The number of hydrogen-bond acceptors (Lipinski definition) is 4. The minimum atomic E-state index is -2.77. The van der Waals surface area contributed by atoms with Gasteiger partial charge in [-0.1, -0.05) is 48.6 Å². The van der Waals surface area contributed by atoms with E-state index in [0.29, 0.717) is 24.0 Å². The van der Waals surface area contributed by atoms with Crippen LogP contribution < -0.4 is 9.47 Å². The van der Waals surface area contributed by atoms with Crippen molar-refractivity contribution in [1.29, 1.82) is 0 Å². The number of halogens is 4. The van der Waals surface area contributed by atoms with Gasteiger partial charge in [-0.15, -0.1) is 0 Å². The van der Waals surface area contributed by atoms with Crippen LogP contribution in [0.3, 0.4) is 0 Å². The first-order valence-corrected chi connectivity index (χ1v) is 14.4. The SMILES string of the molecule is CCOC1CCC(C=Cc2ccc(OC(F)F)cc2)CC1.COC1CCC(C=Cc2ccc(OC(F)F)cc2)CC1. The zero-order valence-electron chi connectivity index (χ0n) is 23.9. The monoisotopic (exact) mass is 578 g/mol. The summed E-state index contributed by atoms with van der Waals surface area (Å²) in [4.78, 5) is 0. The van der Waals surface area contributed by atoms with Gasteiger partial charge in [-0.25, -0.2) is 0 Å². The molecular weight excluding hydrogens is 536 g/mol. The van der Waals surface area contributed by atoms with E-state index < -0.39 is 13.2 Å². The Morgan fingerprint density at radius 1 is 0.634 bits per heavy atom. The molecule has 226 valence electrons. The zero-order valence-corrected chi connectivity index (χ0v) is 23.9. The lowest BCUT2D eigenvalue weighted by Gasteiger charge is -2.26. The van der Waals surface area contributed by atoms with E-state index in [1.807, 2.05) is 13.0 Å². The highest BCUT2D eigenvalue weighted by Crippen LogP contribution is 2.29. The van der Waals surface area contributed by atoms with Crippen LogP contribution in [0.15, 0.2) is 60.7 Å². The molecule has 0 aliphatic heterocycles. The van der Waals surface area contributed by atoms with Gasteiger partial charge in [0.1, 0.15) is 11.5 Å². The third kappa shape index (κ3) is 12.7. The number of allylic oxidation sites excluding steroid dienone is 2. The van der Waals surface area contributed by atoms with Crippen molar-refractivity contribution in [2.24, 2.45) is 11.8 Å². The fourth-order valence-electron chi connectivity index (χ4n) is 5.22. The molecule has 0 atom stereocenters. The second-order valence-electron chi connectivity index (χ2n) is 10.4. The van der Waals surface area contributed by atoms with E-state index in [1.54, 1.807) is 55.6 Å². The first-order chi connectivity index (χ1) is 19.8. The minimum Gasteiger partial charge on any atom is -0.435 e. The predicted octanol–water partition coefficient (Wildman–Crippen LogP) is 9.40. The van der Waals surface area contributed by atoms with Gasteiger partial charge in [-0.2, -0.15) is 17.6 Å². The second-order valence-corrected chi connectivity index (χ2v) is 10.4. The van der Waals surface area contributed by atoms with Crippen molar-refractivity contribution in [3.8, 4) is 11.5 Å². The molecule has 2 saturated carbocycles. The van der Waals surface area contributed by atoms with Gasteiger partial charge in [0.15, 0.2) is 0 Å². The van der Waals surface area contributed by atoms with Gasteiger partial charge in [0, 0.05) is 13.7 Å². The molecule has 41 heavy (non-hydrogen) atoms. The number of alkyl halides is 4. The summed E-state index contributed by atoms with van der Waals surface area (Å²) in [5.41, 5.74) is 2.00. The molecule has 2 fully saturated rings. The number of benzene rings is 2. The van der Waals surface area contributed by atoms with Crippen LogP contribution in [0.4, 0.5) is 17.6 Å². The van der Waals surface area contributed by atoms with Crippen LogP contribution in [-0.4, -0.2) is 39.1 Å². The van der Waals surface area contributed by atoms with Gasteiger partial charge < -0.3 is 18.9 Å². The van der Waals surface area contributed by atoms with Gasteiger partial charge in [0.2, 0.25) is 0 Å². The zero-order chi connectivity index (χ0) is 29.5. The fourth-order valence-corrected chi connectivity index (χ4v) is 5.22. The van der Waals surface area contributed by atoms with Gasteiger partial charge in [-0.3, -0.25) is 0 Å². The summed E-state index contributed by atoms with van der Waals surface area (Å²) in [6.45, 7) is -2.72. The molecule has 0 bridgehead atoms. The fraction of sp³-hybridized carbons (Fsp3) is 0.515. The number of methoxy groups -OCH3 is 1. The highest BCUT2D eigenvalue weighted by molar-refractivity contribution is 5.51. The maximum absolute atomic E-state index is 12.1. The van der Waals surface area contributed by atoms with Crippen LogP contribution in [0.2, 0.25) is 0 Å². The molecule has 8 heteroatoms. The van der Waals surface area contributed by atoms with Gasteiger partial charge in [0.05, 0.1) is 12.2 Å². The van der Waals surface area contributed by atoms with E-state index in [9.17, 15) is 17.6 Å². The van der Waals surface area contributed by atoms with Crippen LogP contribution in [0.1, 0.15) is 69.4 Å². The van der Waals surface area contributed by atoms with Crippen molar-refractivity contribution in [3.05, 3.63) is 71.8 Å². The summed E-state index contributed by atoms with van der Waals surface area (Å²) in [6.07, 6.45) is 18.4. The van der Waals surface area contributed by atoms with Crippen LogP contribution in [0.5, 0.6) is 11.5 Å². The minimum absolute atomic E-state index is 0.192. The molecule has 2 aromatic carbocycles. The molecule has 0 radical (unpaired) electrons. The molecule has 0 amide bonds. The quantitative estimate of drug-likeness (QED) is 0.249. The topological polar surface area (TPSA) is 36.9 Å². The van der Waals surface area contributed by atoms with E-state index >= 15 is 0 Å². The predicted molar refractivity (Wildman–Crippen MR) is 154 cm³/mol. The molecular formula is C33H42F4O4. The van der Waals surface area contributed by atoms with Crippen molar-refractivity contribution < 1.29 is 36.5 Å². The number of hydrogen-bond donors (Lipinski definition) is 0. The van der Waals surface area contributed by atoms with E-state index in [2.05, 4.69) is 27.7 Å². The Morgan fingerprint density at radius 2 is 1.02 bits per heavy atom. The van der Waals surface area contributed by atoms with Crippen molar-refractivity contribution in [3.63, 3.8) is 0 Å². The Hall–Kier alpha value is -2.84. The summed E-state index contributed by atoms with van der Waals surface area (Å²) < 4.78 is 67.8. The lowest BCUT2D eigenvalue weighted by atomic mass is 9.87. The van der Waals surface area contributed by atoms with Gasteiger partial charge in [0.25, 0.3) is 0 Å². The molecule has 0 N–H and O–H groups in total. The van der Waals surface area contributed by atoms with Crippen molar-refractivity contribution in [2.75, 3.05) is 13.7 Å². The standard InChI is InChI=1S/C17H22F2O2.C16H20F2O2/c1-2-20-15-9-5-13(6-10-15)3-4-14-7-11-16(12-8-14)21-17(18)19;1-19-14-8-4-12(5-9-14)2-3-13-6-10-15(11-7-13)20-16(17)18/h3-4,7-8,11-13,15,17H,2,5-6,9-10H2,1H3;2-3,6-7,10-12,14,16H,4-5,8-9H2,1H3. The summed E-state index contributed by atoms with van der Waals surface area (Å²) in [5.74, 6) is 1.55. The Morgan fingerprint density at radius 3 is 1.37 bits per heavy atom. The molecule has 0 unspecified atom stereocenters. The summed E-state index contributed by atoms with van der Waals surface area (Å²) >= 11 is 0. The first-order valence-electron chi connectivity index (χ1n) is 14.4.